The first-order valence-electron chi connectivity index (χ1n) is 5.20. The molecule has 0 aliphatic carbocycles. The van der Waals surface area contributed by atoms with E-state index >= 15 is 0 Å². The summed E-state index contributed by atoms with van der Waals surface area (Å²) in [7, 11) is 0. The topological polar surface area (TPSA) is 40.5 Å². The average molecular weight is 187 g/mol. The predicted octanol–water partition coefficient (Wildman–Crippen LogP) is 2.96. The normalized spacial score (nSPS) is 10.0. The third kappa shape index (κ3) is 6.43. The number of carboxylic acid groups (broad SMARTS) is 1. The molecule has 0 aromatic carbocycles. The number of nitrogens with zero attached hydrogens (tertiary/aromatic N) is 1. The maximum atomic E-state index is 10.7. The summed E-state index contributed by atoms with van der Waals surface area (Å²) in [6.07, 6.45) is 4.50. The summed E-state index contributed by atoms with van der Waals surface area (Å²) in [5.74, 6) is 0. The zero-order chi connectivity index (χ0) is 10.1. The van der Waals surface area contributed by atoms with Crippen LogP contribution in [0, 0.1) is 0 Å². The smallest absolute Gasteiger partial charge is 0.407 e. The van der Waals surface area contributed by atoms with E-state index in [1.165, 1.54) is 4.90 Å². The summed E-state index contributed by atoms with van der Waals surface area (Å²) in [4.78, 5) is 12.3. The van der Waals surface area contributed by atoms with Gasteiger partial charge in [-0.15, -0.1) is 0 Å². The Morgan fingerprint density at radius 1 is 1.08 bits per heavy atom. The van der Waals surface area contributed by atoms with Gasteiger partial charge in [-0.3, -0.25) is 0 Å². The van der Waals surface area contributed by atoms with Crippen LogP contribution in [0.5, 0.6) is 0 Å². The van der Waals surface area contributed by atoms with Gasteiger partial charge >= 0.3 is 6.09 Å². The average Bonchev–Trinajstić information content (AvgIpc) is 2.10. The minimum atomic E-state index is -0.774. The fourth-order valence-corrected chi connectivity index (χ4v) is 1.20. The van der Waals surface area contributed by atoms with Crippen molar-refractivity contribution in [2.45, 2.75) is 46.0 Å². The van der Waals surface area contributed by atoms with E-state index in [-0.39, 0.29) is 0 Å². The van der Waals surface area contributed by atoms with Gasteiger partial charge < -0.3 is 10.0 Å². The highest BCUT2D eigenvalue weighted by Gasteiger charge is 2.09. The van der Waals surface area contributed by atoms with E-state index in [4.69, 9.17) is 5.11 Å². The fraction of sp³-hybridized carbons (Fsp3) is 0.900. The highest BCUT2D eigenvalue weighted by molar-refractivity contribution is 5.64. The van der Waals surface area contributed by atoms with Crippen molar-refractivity contribution in [2.24, 2.45) is 0 Å². The van der Waals surface area contributed by atoms with Gasteiger partial charge in [0.25, 0.3) is 0 Å². The van der Waals surface area contributed by atoms with Crippen molar-refractivity contribution in [1.29, 1.82) is 0 Å². The van der Waals surface area contributed by atoms with E-state index in [0.29, 0.717) is 13.1 Å². The Labute approximate surface area is 80.7 Å². The quantitative estimate of drug-likeness (QED) is 0.622. The number of hydrogen-bond donors (Lipinski definition) is 1. The Bertz CT molecular complexity index is 137. The molecular formula is C10H21NO2. The Hall–Kier alpha value is -0.730. The van der Waals surface area contributed by atoms with Crippen molar-refractivity contribution in [3.05, 3.63) is 0 Å². The molecule has 3 heteroatoms. The van der Waals surface area contributed by atoms with E-state index in [0.717, 1.165) is 32.1 Å². The molecule has 0 aliphatic rings. The minimum absolute atomic E-state index is 0.690. The largest absolute Gasteiger partial charge is 0.465 e. The molecule has 0 radical (unpaired) electrons. The van der Waals surface area contributed by atoms with Crippen LogP contribution in [0.4, 0.5) is 4.79 Å². The van der Waals surface area contributed by atoms with E-state index in [1.807, 2.05) is 0 Å². The van der Waals surface area contributed by atoms with Gasteiger partial charge in [-0.05, 0) is 12.8 Å². The molecule has 3 nitrogen and oxygen atoms in total. The molecular weight excluding hydrogens is 166 g/mol. The number of amides is 1. The first-order chi connectivity index (χ1) is 6.22. The summed E-state index contributed by atoms with van der Waals surface area (Å²) in [5, 5.41) is 8.83. The minimum Gasteiger partial charge on any atom is -0.465 e. The van der Waals surface area contributed by atoms with Gasteiger partial charge in [0.2, 0.25) is 0 Å². The van der Waals surface area contributed by atoms with Crippen molar-refractivity contribution in [2.75, 3.05) is 13.1 Å². The molecule has 0 atom stereocenters. The zero-order valence-electron chi connectivity index (χ0n) is 8.75. The molecule has 0 aromatic heterocycles. The standard InChI is InChI=1S/C10H21NO2/c1-3-5-7-9-11(10(12)13)8-6-4-2/h3-9H2,1-2H3,(H,12,13). The van der Waals surface area contributed by atoms with Gasteiger partial charge in [0.15, 0.2) is 0 Å². The molecule has 0 unspecified atom stereocenters. The Kier molecular flexibility index (Phi) is 7.45. The lowest BCUT2D eigenvalue weighted by Crippen LogP contribution is -2.31. The molecule has 0 saturated carbocycles. The Morgan fingerprint density at radius 3 is 2.08 bits per heavy atom. The first kappa shape index (κ1) is 12.3. The fourth-order valence-electron chi connectivity index (χ4n) is 1.20. The van der Waals surface area contributed by atoms with Crippen molar-refractivity contribution in [1.82, 2.24) is 4.90 Å². The molecule has 0 bridgehead atoms. The maximum absolute atomic E-state index is 10.7. The predicted molar refractivity (Wildman–Crippen MR) is 54.0 cm³/mol. The molecule has 0 spiro atoms. The molecule has 0 saturated heterocycles. The molecule has 0 rings (SSSR count). The summed E-state index contributed by atoms with van der Waals surface area (Å²) < 4.78 is 0. The van der Waals surface area contributed by atoms with Crippen molar-refractivity contribution < 1.29 is 9.90 Å². The highest BCUT2D eigenvalue weighted by Crippen LogP contribution is 2.01. The molecule has 13 heavy (non-hydrogen) atoms. The second-order valence-electron chi connectivity index (χ2n) is 3.33. The van der Waals surface area contributed by atoms with Crippen LogP contribution in [0.25, 0.3) is 0 Å². The Morgan fingerprint density at radius 2 is 1.62 bits per heavy atom. The van der Waals surface area contributed by atoms with E-state index < -0.39 is 6.09 Å². The number of rotatable bonds is 7. The van der Waals surface area contributed by atoms with Gasteiger partial charge in [-0.1, -0.05) is 33.1 Å². The van der Waals surface area contributed by atoms with Crippen LogP contribution in [0.2, 0.25) is 0 Å². The molecule has 0 heterocycles. The summed E-state index contributed by atoms with van der Waals surface area (Å²) in [6.45, 7) is 5.59. The van der Waals surface area contributed by atoms with Crippen LogP contribution in [0.3, 0.4) is 0 Å². The molecule has 1 amide bonds. The van der Waals surface area contributed by atoms with Crippen LogP contribution in [0.15, 0.2) is 0 Å². The zero-order valence-corrected chi connectivity index (χ0v) is 8.75. The lowest BCUT2D eigenvalue weighted by atomic mass is 10.2. The SMILES string of the molecule is CCCCCN(CCCC)C(=O)O. The van der Waals surface area contributed by atoms with Gasteiger partial charge in [-0.25, -0.2) is 4.79 Å². The number of hydrogen-bond acceptors (Lipinski definition) is 1. The van der Waals surface area contributed by atoms with Crippen LogP contribution in [0.1, 0.15) is 46.0 Å². The number of carbonyl (C=O) groups is 1. The van der Waals surface area contributed by atoms with Gasteiger partial charge in [0.1, 0.15) is 0 Å². The lowest BCUT2D eigenvalue weighted by Gasteiger charge is -2.18. The van der Waals surface area contributed by atoms with Gasteiger partial charge in [0.05, 0.1) is 0 Å². The second kappa shape index (κ2) is 7.90. The van der Waals surface area contributed by atoms with E-state index in [1.54, 1.807) is 0 Å². The molecule has 0 fully saturated rings. The molecule has 78 valence electrons. The molecule has 1 N–H and O–H groups in total. The Balaban J connectivity index is 3.61. The van der Waals surface area contributed by atoms with Crippen LogP contribution in [-0.2, 0) is 0 Å². The summed E-state index contributed by atoms with van der Waals surface area (Å²) in [6, 6.07) is 0. The highest BCUT2D eigenvalue weighted by atomic mass is 16.4. The van der Waals surface area contributed by atoms with E-state index in [2.05, 4.69) is 13.8 Å². The molecule has 0 aromatic rings. The summed E-state index contributed by atoms with van der Waals surface area (Å²) in [5.41, 5.74) is 0. The van der Waals surface area contributed by atoms with Crippen molar-refractivity contribution in [3.8, 4) is 0 Å². The lowest BCUT2D eigenvalue weighted by molar-refractivity contribution is 0.143. The van der Waals surface area contributed by atoms with Gasteiger partial charge in [0, 0.05) is 13.1 Å². The van der Waals surface area contributed by atoms with E-state index in [9.17, 15) is 4.79 Å². The van der Waals surface area contributed by atoms with Crippen molar-refractivity contribution in [3.63, 3.8) is 0 Å². The number of unbranched alkanes of at least 4 members (excludes halogenated alkanes) is 3. The summed E-state index contributed by atoms with van der Waals surface area (Å²) >= 11 is 0. The van der Waals surface area contributed by atoms with Gasteiger partial charge in [-0.2, -0.15) is 0 Å². The first-order valence-corrected chi connectivity index (χ1v) is 5.20. The van der Waals surface area contributed by atoms with Crippen LogP contribution in [-0.4, -0.2) is 29.2 Å². The monoisotopic (exact) mass is 187 g/mol. The second-order valence-corrected chi connectivity index (χ2v) is 3.33. The van der Waals surface area contributed by atoms with Crippen LogP contribution < -0.4 is 0 Å². The third-order valence-corrected chi connectivity index (χ3v) is 2.08. The maximum Gasteiger partial charge on any atom is 0.407 e. The molecule has 0 aliphatic heterocycles. The third-order valence-electron chi connectivity index (χ3n) is 2.08. The van der Waals surface area contributed by atoms with Crippen LogP contribution >= 0.6 is 0 Å². The van der Waals surface area contributed by atoms with Crippen molar-refractivity contribution >= 4 is 6.09 Å².